The van der Waals surface area contributed by atoms with Crippen molar-refractivity contribution in [2.24, 2.45) is 0 Å². The molecule has 2 heterocycles. The van der Waals surface area contributed by atoms with E-state index in [0.29, 0.717) is 33.6 Å². The molecule has 2 saturated heterocycles. The summed E-state index contributed by atoms with van der Waals surface area (Å²) in [4.78, 5) is 41.0. The van der Waals surface area contributed by atoms with Gasteiger partial charge in [-0.3, -0.25) is 19.3 Å². The van der Waals surface area contributed by atoms with Crippen LogP contribution in [0.25, 0.3) is 6.08 Å². The molecular weight excluding hydrogens is 476 g/mol. The third-order valence-electron chi connectivity index (χ3n) is 5.50. The minimum Gasteiger partial charge on any atom is -0.490 e. The van der Waals surface area contributed by atoms with Crippen molar-refractivity contribution in [2.45, 2.75) is 26.3 Å². The van der Waals surface area contributed by atoms with Crippen molar-refractivity contribution in [1.82, 2.24) is 9.80 Å². The van der Waals surface area contributed by atoms with E-state index < -0.39 is 0 Å². The minimum atomic E-state index is -0.348. The Morgan fingerprint density at radius 2 is 1.79 bits per heavy atom. The predicted octanol–water partition coefficient (Wildman–Crippen LogP) is 4.98. The Morgan fingerprint density at radius 1 is 1.06 bits per heavy atom. The highest BCUT2D eigenvalue weighted by atomic mass is 35.5. The van der Waals surface area contributed by atoms with Crippen LogP contribution in [0.2, 0.25) is 5.02 Å². The fourth-order valence-corrected chi connectivity index (χ4v) is 4.72. The minimum absolute atomic E-state index is 0.0432. The molecule has 0 aliphatic carbocycles. The number of halogens is 1. The fourth-order valence-electron chi connectivity index (χ4n) is 3.76. The predicted molar refractivity (Wildman–Crippen MR) is 132 cm³/mol. The number of hydrogen-bond donors (Lipinski definition) is 0. The lowest BCUT2D eigenvalue weighted by molar-refractivity contribution is -0.132. The zero-order valence-corrected chi connectivity index (χ0v) is 20.4. The standard InChI is InChI=1S/C25H25ClN2O5S/c1-2-32-21-13-18(7-10-20(21)33-16-23(29)27-11-3-4-12-27)14-22-24(30)28(25(31)34-22)15-17-5-8-19(26)9-6-17/h5-10,13-14H,2-4,11-12,15-16H2,1H3/b22-14-. The van der Waals surface area contributed by atoms with Gasteiger partial charge in [-0.2, -0.15) is 0 Å². The van der Waals surface area contributed by atoms with Gasteiger partial charge in [-0.1, -0.05) is 29.8 Å². The van der Waals surface area contributed by atoms with Gasteiger partial charge >= 0.3 is 0 Å². The summed E-state index contributed by atoms with van der Waals surface area (Å²) in [5.74, 6) is 0.547. The fraction of sp³-hybridized carbons (Fsp3) is 0.320. The Bertz CT molecular complexity index is 1110. The average Bonchev–Trinajstić information content (AvgIpc) is 3.45. The van der Waals surface area contributed by atoms with Crippen LogP contribution in [0.4, 0.5) is 4.79 Å². The first-order chi connectivity index (χ1) is 16.4. The topological polar surface area (TPSA) is 76.1 Å². The quantitative estimate of drug-likeness (QED) is 0.476. The molecule has 0 aromatic heterocycles. The molecule has 2 aromatic rings. The monoisotopic (exact) mass is 500 g/mol. The number of thioether (sulfide) groups is 1. The summed E-state index contributed by atoms with van der Waals surface area (Å²) < 4.78 is 11.4. The van der Waals surface area contributed by atoms with Gasteiger partial charge in [-0.05, 0) is 73.0 Å². The molecule has 178 valence electrons. The first-order valence-corrected chi connectivity index (χ1v) is 12.3. The van der Waals surface area contributed by atoms with Crippen LogP contribution in [0, 0.1) is 0 Å². The number of carbonyl (C=O) groups is 3. The van der Waals surface area contributed by atoms with Gasteiger partial charge in [0.25, 0.3) is 17.1 Å². The molecule has 34 heavy (non-hydrogen) atoms. The number of carbonyl (C=O) groups excluding carboxylic acids is 3. The van der Waals surface area contributed by atoms with E-state index in [0.717, 1.165) is 43.3 Å². The van der Waals surface area contributed by atoms with Crippen molar-refractivity contribution >= 4 is 46.5 Å². The van der Waals surface area contributed by atoms with E-state index in [-0.39, 0.29) is 30.2 Å². The molecule has 4 rings (SSSR count). The van der Waals surface area contributed by atoms with E-state index in [1.54, 1.807) is 53.4 Å². The third kappa shape index (κ3) is 5.74. The van der Waals surface area contributed by atoms with E-state index in [1.807, 2.05) is 6.92 Å². The zero-order chi connectivity index (χ0) is 24.1. The van der Waals surface area contributed by atoms with Gasteiger partial charge in [0.1, 0.15) is 0 Å². The number of benzene rings is 2. The SMILES string of the molecule is CCOc1cc(/C=C2\SC(=O)N(Cc3ccc(Cl)cc3)C2=O)ccc1OCC(=O)N1CCCC1. The Balaban J connectivity index is 1.46. The van der Waals surface area contributed by atoms with Gasteiger partial charge in [0, 0.05) is 18.1 Å². The number of ether oxygens (including phenoxy) is 2. The maximum absolute atomic E-state index is 12.9. The molecule has 2 aliphatic rings. The van der Waals surface area contributed by atoms with Crippen molar-refractivity contribution in [1.29, 1.82) is 0 Å². The molecule has 7 nitrogen and oxygen atoms in total. The molecule has 0 saturated carbocycles. The van der Waals surface area contributed by atoms with Crippen LogP contribution in [0.5, 0.6) is 11.5 Å². The molecule has 3 amide bonds. The summed E-state index contributed by atoms with van der Waals surface area (Å²) in [5.41, 5.74) is 1.51. The first kappa shape index (κ1) is 24.2. The second-order valence-electron chi connectivity index (χ2n) is 7.91. The van der Waals surface area contributed by atoms with Gasteiger partial charge in [-0.15, -0.1) is 0 Å². The number of likely N-dealkylation sites (tertiary alicyclic amines) is 1. The van der Waals surface area contributed by atoms with E-state index in [2.05, 4.69) is 0 Å². The first-order valence-electron chi connectivity index (χ1n) is 11.1. The number of hydrogen-bond acceptors (Lipinski definition) is 6. The number of nitrogens with zero attached hydrogens (tertiary/aromatic N) is 2. The molecule has 0 N–H and O–H groups in total. The van der Waals surface area contributed by atoms with Crippen molar-refractivity contribution in [3.63, 3.8) is 0 Å². The third-order valence-corrected chi connectivity index (χ3v) is 6.66. The number of rotatable bonds is 8. The summed E-state index contributed by atoms with van der Waals surface area (Å²) in [6.45, 7) is 3.94. The lowest BCUT2D eigenvalue weighted by atomic mass is 10.1. The number of imide groups is 1. The molecular formula is C25H25ClN2O5S. The van der Waals surface area contributed by atoms with Crippen LogP contribution in [0.1, 0.15) is 30.9 Å². The zero-order valence-electron chi connectivity index (χ0n) is 18.8. The lowest BCUT2D eigenvalue weighted by Crippen LogP contribution is -2.32. The Kier molecular flexibility index (Phi) is 7.80. The van der Waals surface area contributed by atoms with Crippen molar-refractivity contribution in [3.8, 4) is 11.5 Å². The second-order valence-corrected chi connectivity index (χ2v) is 9.34. The normalized spacial score (nSPS) is 17.1. The molecule has 0 bridgehead atoms. The second kappa shape index (κ2) is 11.0. The van der Waals surface area contributed by atoms with Crippen LogP contribution in [0.3, 0.4) is 0 Å². The summed E-state index contributed by atoms with van der Waals surface area (Å²) in [6, 6.07) is 12.3. The van der Waals surface area contributed by atoms with E-state index >= 15 is 0 Å². The van der Waals surface area contributed by atoms with Gasteiger partial charge in [0.05, 0.1) is 18.1 Å². The Labute approximate surface area is 207 Å². The van der Waals surface area contributed by atoms with E-state index in [4.69, 9.17) is 21.1 Å². The van der Waals surface area contributed by atoms with Crippen LogP contribution in [-0.2, 0) is 16.1 Å². The van der Waals surface area contributed by atoms with E-state index in [9.17, 15) is 14.4 Å². The van der Waals surface area contributed by atoms with Crippen LogP contribution >= 0.6 is 23.4 Å². The highest BCUT2D eigenvalue weighted by Crippen LogP contribution is 2.35. The summed E-state index contributed by atoms with van der Waals surface area (Å²) in [6.07, 6.45) is 3.71. The smallest absolute Gasteiger partial charge is 0.293 e. The van der Waals surface area contributed by atoms with Gasteiger partial charge < -0.3 is 14.4 Å². The summed E-state index contributed by atoms with van der Waals surface area (Å²) >= 11 is 6.81. The summed E-state index contributed by atoms with van der Waals surface area (Å²) in [5, 5.41) is 0.271. The largest absolute Gasteiger partial charge is 0.490 e. The molecule has 0 spiro atoms. The van der Waals surface area contributed by atoms with Crippen LogP contribution < -0.4 is 9.47 Å². The van der Waals surface area contributed by atoms with Crippen LogP contribution in [0.15, 0.2) is 47.4 Å². The average molecular weight is 501 g/mol. The molecule has 0 unspecified atom stereocenters. The Morgan fingerprint density at radius 3 is 2.50 bits per heavy atom. The lowest BCUT2D eigenvalue weighted by Gasteiger charge is -2.17. The highest BCUT2D eigenvalue weighted by Gasteiger charge is 2.35. The number of amides is 3. The summed E-state index contributed by atoms with van der Waals surface area (Å²) in [7, 11) is 0. The molecule has 2 fully saturated rings. The molecule has 9 heteroatoms. The van der Waals surface area contributed by atoms with E-state index in [1.165, 1.54) is 4.90 Å². The molecule has 2 aliphatic heterocycles. The van der Waals surface area contributed by atoms with Crippen molar-refractivity contribution in [3.05, 3.63) is 63.5 Å². The maximum atomic E-state index is 12.9. The van der Waals surface area contributed by atoms with Gasteiger partial charge in [0.2, 0.25) is 0 Å². The molecule has 2 aromatic carbocycles. The maximum Gasteiger partial charge on any atom is 0.293 e. The van der Waals surface area contributed by atoms with Crippen molar-refractivity contribution < 1.29 is 23.9 Å². The Hall–Kier alpha value is -2.97. The van der Waals surface area contributed by atoms with Gasteiger partial charge in [-0.25, -0.2) is 0 Å². The molecule has 0 radical (unpaired) electrons. The highest BCUT2D eigenvalue weighted by molar-refractivity contribution is 8.18. The van der Waals surface area contributed by atoms with Crippen LogP contribution in [-0.4, -0.2) is 53.2 Å². The molecule has 0 atom stereocenters. The van der Waals surface area contributed by atoms with Gasteiger partial charge in [0.15, 0.2) is 18.1 Å². The van der Waals surface area contributed by atoms with Crippen molar-refractivity contribution in [2.75, 3.05) is 26.3 Å².